The zero-order chi connectivity index (χ0) is 13.8. The number of nitrogens with one attached hydrogen (secondary N) is 1. The molecule has 18 heavy (non-hydrogen) atoms. The Bertz CT molecular complexity index is 504. The van der Waals surface area contributed by atoms with Crippen LogP contribution in [0.1, 0.15) is 13.8 Å². The predicted molar refractivity (Wildman–Crippen MR) is 83.9 cm³/mol. The smallest absolute Gasteiger partial charge is 0.162 e. The second kappa shape index (κ2) is 6.38. The molecule has 1 N–H and O–H groups in total. The molecule has 0 spiro atoms. The van der Waals surface area contributed by atoms with Crippen molar-refractivity contribution in [2.24, 2.45) is 4.99 Å². The summed E-state index contributed by atoms with van der Waals surface area (Å²) in [5, 5.41) is 4.91. The summed E-state index contributed by atoms with van der Waals surface area (Å²) in [4.78, 5) is 4.45. The van der Waals surface area contributed by atoms with Gasteiger partial charge in [-0.1, -0.05) is 40.9 Å². The minimum absolute atomic E-state index is 0.498. The molecule has 1 rings (SSSR count). The molecule has 0 bridgehead atoms. The highest BCUT2D eigenvalue weighted by Crippen LogP contribution is 2.25. The van der Waals surface area contributed by atoms with Crippen LogP contribution in [0.15, 0.2) is 23.2 Å². The van der Waals surface area contributed by atoms with Crippen LogP contribution in [0.25, 0.3) is 0 Å². The molecule has 0 saturated carbocycles. The first-order valence-corrected chi connectivity index (χ1v) is 7.19. The second-order valence-corrected chi connectivity index (χ2v) is 5.69. The molecule has 5 heteroatoms. The largest absolute Gasteiger partial charge is 0.335 e. The van der Waals surface area contributed by atoms with Crippen molar-refractivity contribution in [3.05, 3.63) is 28.2 Å². The van der Waals surface area contributed by atoms with E-state index in [1.54, 1.807) is 12.1 Å². The molecular weight excluding hydrogens is 287 g/mol. The number of nitrogens with zero attached hydrogens (tertiary/aromatic N) is 1. The first-order chi connectivity index (χ1) is 8.38. The molecule has 0 atom stereocenters. The maximum atomic E-state index is 5.95. The normalized spacial score (nSPS) is 12.1. The number of halogens is 2. The third-order valence-electron chi connectivity index (χ3n) is 2.10. The Kier molecular flexibility index (Phi) is 5.40. The number of terminal acetylenes is 1. The van der Waals surface area contributed by atoms with Gasteiger partial charge in [0.1, 0.15) is 5.54 Å². The molecule has 0 aliphatic rings. The fourth-order valence-electron chi connectivity index (χ4n) is 1.11. The van der Waals surface area contributed by atoms with Gasteiger partial charge in [0.05, 0.1) is 10.0 Å². The molecule has 0 saturated heterocycles. The lowest BCUT2D eigenvalue weighted by molar-refractivity contribution is 0.687. The van der Waals surface area contributed by atoms with Gasteiger partial charge in [-0.15, -0.1) is 6.42 Å². The third kappa shape index (κ3) is 4.45. The van der Waals surface area contributed by atoms with E-state index in [1.165, 1.54) is 11.8 Å². The van der Waals surface area contributed by atoms with Gasteiger partial charge in [0.15, 0.2) is 5.17 Å². The minimum atomic E-state index is -0.540. The highest BCUT2D eigenvalue weighted by molar-refractivity contribution is 8.13. The molecule has 0 heterocycles. The van der Waals surface area contributed by atoms with Crippen LogP contribution in [0.3, 0.4) is 0 Å². The average Bonchev–Trinajstić information content (AvgIpc) is 2.33. The summed E-state index contributed by atoms with van der Waals surface area (Å²) in [5.41, 5.74) is 0.284. The first kappa shape index (κ1) is 15.2. The number of amidine groups is 1. The van der Waals surface area contributed by atoms with Crippen LogP contribution in [-0.2, 0) is 0 Å². The Hall–Kier alpha value is -0.820. The van der Waals surface area contributed by atoms with Crippen molar-refractivity contribution in [2.45, 2.75) is 19.4 Å². The van der Waals surface area contributed by atoms with Gasteiger partial charge >= 0.3 is 0 Å². The van der Waals surface area contributed by atoms with Crippen LogP contribution in [0.2, 0.25) is 10.0 Å². The standard InChI is InChI=1S/C13H14Cl2N2S/c1-5-13(2,3)17-12(18-4)16-9-6-7-10(14)11(15)8-9/h1,6-8H,2-4H3,(H,16,17). The van der Waals surface area contributed by atoms with Crippen molar-refractivity contribution in [1.82, 2.24) is 0 Å². The molecule has 0 fully saturated rings. The monoisotopic (exact) mass is 300 g/mol. The molecule has 0 amide bonds. The number of benzene rings is 1. The zero-order valence-electron chi connectivity index (χ0n) is 10.4. The fraction of sp³-hybridized carbons (Fsp3) is 0.308. The predicted octanol–water partition coefficient (Wildman–Crippen LogP) is 4.54. The molecule has 1 aromatic rings. The average molecular weight is 301 g/mol. The topological polar surface area (TPSA) is 24.4 Å². The summed E-state index contributed by atoms with van der Waals surface area (Å²) in [7, 11) is 0. The number of aliphatic imine (C=N–C) groups is 1. The van der Waals surface area contributed by atoms with Gasteiger partial charge in [-0.25, -0.2) is 4.99 Å². The fourth-order valence-corrected chi connectivity index (χ4v) is 1.95. The number of hydrogen-bond acceptors (Lipinski definition) is 2. The van der Waals surface area contributed by atoms with E-state index in [0.717, 1.165) is 10.9 Å². The lowest BCUT2D eigenvalue weighted by Crippen LogP contribution is -2.19. The van der Waals surface area contributed by atoms with E-state index >= 15 is 0 Å². The van der Waals surface area contributed by atoms with E-state index in [4.69, 9.17) is 29.6 Å². The van der Waals surface area contributed by atoms with Crippen LogP contribution in [-0.4, -0.2) is 17.0 Å². The highest BCUT2D eigenvalue weighted by Gasteiger charge is 2.13. The molecule has 0 radical (unpaired) electrons. The van der Waals surface area contributed by atoms with E-state index in [0.29, 0.717) is 10.0 Å². The van der Waals surface area contributed by atoms with Crippen molar-refractivity contribution in [1.29, 1.82) is 0 Å². The Morgan fingerprint density at radius 3 is 2.56 bits per heavy atom. The molecule has 0 aliphatic carbocycles. The zero-order valence-corrected chi connectivity index (χ0v) is 12.7. The van der Waals surface area contributed by atoms with Crippen LogP contribution in [0.4, 0.5) is 5.69 Å². The molecule has 0 aromatic heterocycles. The summed E-state index contributed by atoms with van der Waals surface area (Å²) in [6.45, 7) is 3.75. The van der Waals surface area contributed by atoms with Crippen molar-refractivity contribution < 1.29 is 0 Å². The van der Waals surface area contributed by atoms with Gasteiger partial charge in [0, 0.05) is 5.69 Å². The lowest BCUT2D eigenvalue weighted by atomic mass is 10.1. The SMILES string of the molecule is C#CC(C)(C)N=C(Nc1ccc(Cl)c(Cl)c1)SC. The number of thioether (sulfide) groups is 1. The van der Waals surface area contributed by atoms with E-state index in [-0.39, 0.29) is 0 Å². The van der Waals surface area contributed by atoms with Crippen molar-refractivity contribution >= 4 is 45.8 Å². The summed E-state index contributed by atoms with van der Waals surface area (Å²) in [6.07, 6.45) is 7.34. The summed E-state index contributed by atoms with van der Waals surface area (Å²) in [5.74, 6) is 2.62. The minimum Gasteiger partial charge on any atom is -0.335 e. The Labute approximate surface area is 122 Å². The summed E-state index contributed by atoms with van der Waals surface area (Å²) >= 11 is 13.3. The molecule has 96 valence electrons. The third-order valence-corrected chi connectivity index (χ3v) is 3.42. The Balaban J connectivity index is 2.94. The molecule has 0 unspecified atom stereocenters. The van der Waals surface area contributed by atoms with Crippen LogP contribution < -0.4 is 5.32 Å². The van der Waals surface area contributed by atoms with Gasteiger partial charge < -0.3 is 5.32 Å². The van der Waals surface area contributed by atoms with E-state index in [9.17, 15) is 0 Å². The summed E-state index contributed by atoms with van der Waals surface area (Å²) in [6, 6.07) is 5.32. The van der Waals surface area contributed by atoms with E-state index < -0.39 is 5.54 Å². The maximum absolute atomic E-state index is 5.95. The van der Waals surface area contributed by atoms with Gasteiger partial charge in [-0.3, -0.25) is 0 Å². The van der Waals surface area contributed by atoms with Crippen LogP contribution in [0.5, 0.6) is 0 Å². The quantitative estimate of drug-likeness (QED) is 0.493. The van der Waals surface area contributed by atoms with Crippen molar-refractivity contribution in [3.63, 3.8) is 0 Å². The van der Waals surface area contributed by atoms with E-state index in [1.807, 2.05) is 26.2 Å². The van der Waals surface area contributed by atoms with Gasteiger partial charge in [0.2, 0.25) is 0 Å². The molecule has 2 nitrogen and oxygen atoms in total. The number of hydrogen-bond donors (Lipinski definition) is 1. The van der Waals surface area contributed by atoms with Crippen molar-refractivity contribution in [2.75, 3.05) is 11.6 Å². The van der Waals surface area contributed by atoms with Gasteiger partial charge in [-0.05, 0) is 38.3 Å². The Morgan fingerprint density at radius 1 is 1.39 bits per heavy atom. The molecular formula is C13H14Cl2N2S. The number of anilines is 1. The van der Waals surface area contributed by atoms with Crippen LogP contribution in [0, 0.1) is 12.3 Å². The number of rotatable bonds is 2. The highest BCUT2D eigenvalue weighted by atomic mass is 35.5. The Morgan fingerprint density at radius 2 is 2.06 bits per heavy atom. The maximum Gasteiger partial charge on any atom is 0.162 e. The van der Waals surface area contributed by atoms with Gasteiger partial charge in [0.25, 0.3) is 0 Å². The molecule has 1 aromatic carbocycles. The molecule has 0 aliphatic heterocycles. The summed E-state index contributed by atoms with van der Waals surface area (Å²) < 4.78 is 0. The second-order valence-electron chi connectivity index (χ2n) is 4.08. The lowest BCUT2D eigenvalue weighted by Gasteiger charge is -2.15. The van der Waals surface area contributed by atoms with Gasteiger partial charge in [-0.2, -0.15) is 0 Å². The first-order valence-electron chi connectivity index (χ1n) is 5.21. The van der Waals surface area contributed by atoms with Crippen molar-refractivity contribution in [3.8, 4) is 12.3 Å². The van der Waals surface area contributed by atoms with Crippen LogP contribution >= 0.6 is 35.0 Å². The van der Waals surface area contributed by atoms with E-state index in [2.05, 4.69) is 16.2 Å².